The minimum Gasteiger partial charge on any atom is -0.488 e. The maximum absolute atomic E-state index is 12.8. The highest BCUT2D eigenvalue weighted by atomic mass is 79.9. The zero-order valence-electron chi connectivity index (χ0n) is 19.9. The van der Waals surface area contributed by atoms with Crippen LogP contribution in [0.25, 0.3) is 21.9 Å². The van der Waals surface area contributed by atoms with Crippen LogP contribution in [0.1, 0.15) is 53.9 Å². The summed E-state index contributed by atoms with van der Waals surface area (Å²) in [4.78, 5) is 24.9. The lowest BCUT2D eigenvalue weighted by Gasteiger charge is -2.12. The van der Waals surface area contributed by atoms with Crippen molar-refractivity contribution in [1.29, 1.82) is 0 Å². The molecule has 7 heteroatoms. The summed E-state index contributed by atoms with van der Waals surface area (Å²) in [5.41, 5.74) is 4.31. The van der Waals surface area contributed by atoms with Crippen molar-refractivity contribution in [2.75, 3.05) is 6.61 Å². The van der Waals surface area contributed by atoms with Crippen molar-refractivity contribution in [3.63, 3.8) is 0 Å². The summed E-state index contributed by atoms with van der Waals surface area (Å²) < 4.78 is 19.8. The number of esters is 1. The number of ether oxygens (including phenoxy) is 2. The Morgan fingerprint density at radius 1 is 1.09 bits per heavy atom. The average molecular weight is 526 g/mol. The molecule has 34 heavy (non-hydrogen) atoms. The van der Waals surface area contributed by atoms with Gasteiger partial charge in [-0.2, -0.15) is 0 Å². The normalized spacial score (nSPS) is 11.3. The van der Waals surface area contributed by atoms with E-state index in [-0.39, 0.29) is 12.6 Å². The van der Waals surface area contributed by atoms with Gasteiger partial charge in [0.1, 0.15) is 17.9 Å². The van der Waals surface area contributed by atoms with Gasteiger partial charge in [0, 0.05) is 34.6 Å². The van der Waals surface area contributed by atoms with Gasteiger partial charge in [0.05, 0.1) is 22.2 Å². The highest BCUT2D eigenvalue weighted by molar-refractivity contribution is 9.10. The minimum absolute atomic E-state index is 0.180. The van der Waals surface area contributed by atoms with Crippen molar-refractivity contribution in [3.8, 4) is 5.75 Å². The van der Waals surface area contributed by atoms with E-state index in [1.165, 1.54) is 6.07 Å². The van der Waals surface area contributed by atoms with Gasteiger partial charge in [0.2, 0.25) is 0 Å². The summed E-state index contributed by atoms with van der Waals surface area (Å²) in [6.07, 6.45) is 2.06. The monoisotopic (exact) mass is 525 g/mol. The summed E-state index contributed by atoms with van der Waals surface area (Å²) in [5.74, 6) is 0.246. The molecule has 0 aliphatic rings. The lowest BCUT2D eigenvalue weighted by molar-refractivity contribution is 0.0527. The van der Waals surface area contributed by atoms with Gasteiger partial charge in [-0.15, -0.1) is 0 Å². The molecular weight excluding hydrogens is 498 g/mol. The Morgan fingerprint density at radius 2 is 1.88 bits per heavy atom. The highest BCUT2D eigenvalue weighted by Crippen LogP contribution is 2.36. The molecule has 0 radical (unpaired) electrons. The van der Waals surface area contributed by atoms with Crippen LogP contribution < -0.4 is 10.4 Å². The van der Waals surface area contributed by atoms with E-state index in [2.05, 4.69) is 27.4 Å². The molecule has 0 N–H and O–H groups in total. The van der Waals surface area contributed by atoms with E-state index in [1.54, 1.807) is 13.0 Å². The molecule has 0 unspecified atom stereocenters. The molecule has 6 nitrogen and oxygen atoms in total. The van der Waals surface area contributed by atoms with E-state index in [0.29, 0.717) is 23.5 Å². The van der Waals surface area contributed by atoms with Crippen molar-refractivity contribution in [2.45, 2.75) is 53.7 Å². The third kappa shape index (κ3) is 4.62. The predicted octanol–water partition coefficient (Wildman–Crippen LogP) is 6.68. The molecule has 0 saturated carbocycles. The lowest BCUT2D eigenvalue weighted by Crippen LogP contribution is -2.07. The van der Waals surface area contributed by atoms with Gasteiger partial charge in [0.15, 0.2) is 0 Å². The number of rotatable bonds is 8. The van der Waals surface area contributed by atoms with Crippen LogP contribution in [-0.2, 0) is 17.9 Å². The quantitative estimate of drug-likeness (QED) is 0.189. The topological polar surface area (TPSA) is 70.7 Å². The maximum atomic E-state index is 12.8. The summed E-state index contributed by atoms with van der Waals surface area (Å²) in [6.45, 7) is 9.19. The number of nitrogens with zero attached hydrogens (tertiary/aromatic N) is 1. The summed E-state index contributed by atoms with van der Waals surface area (Å²) in [5, 5.41) is 1.63. The molecule has 0 atom stereocenters. The Hall–Kier alpha value is -3.06. The van der Waals surface area contributed by atoms with Crippen molar-refractivity contribution in [3.05, 3.63) is 73.7 Å². The third-order valence-corrected chi connectivity index (χ3v) is 6.58. The Morgan fingerprint density at radius 3 is 2.62 bits per heavy atom. The van der Waals surface area contributed by atoms with Gasteiger partial charge < -0.3 is 18.5 Å². The van der Waals surface area contributed by atoms with E-state index in [1.807, 2.05) is 38.1 Å². The number of benzene rings is 2. The fraction of sp³-hybridized carbons (Fsp3) is 0.333. The SMILES string of the molecule is CCCCn1c(C)c(C(=O)OCC)c2cc(OCc3cc(=O)oc4ccc(C)cc34)c(Br)cc21. The first-order chi connectivity index (χ1) is 16.3. The van der Waals surface area contributed by atoms with Crippen molar-refractivity contribution >= 4 is 43.8 Å². The number of carbonyl (C=O) groups excluding carboxylic acids is 1. The molecule has 0 aliphatic heterocycles. The molecule has 4 rings (SSSR count). The molecule has 0 saturated heterocycles. The Labute approximate surface area is 206 Å². The molecule has 178 valence electrons. The zero-order chi connectivity index (χ0) is 24.4. The standard InChI is InChI=1S/C27H28BrNO5/c1-5-7-10-29-17(4)26(27(31)32-6-2)20-13-24(21(28)14-22(20)29)33-15-18-12-25(30)34-23-9-8-16(3)11-19(18)23/h8-9,11-14H,5-7,10,15H2,1-4H3. The number of carbonyl (C=O) groups is 1. The van der Waals surface area contributed by atoms with Crippen molar-refractivity contribution in [2.24, 2.45) is 0 Å². The Balaban J connectivity index is 1.77. The van der Waals surface area contributed by atoms with Gasteiger partial charge in [-0.25, -0.2) is 9.59 Å². The number of aryl methyl sites for hydroxylation is 2. The molecule has 4 aromatic rings. The van der Waals surface area contributed by atoms with Gasteiger partial charge >= 0.3 is 11.6 Å². The number of unbranched alkanes of at least 4 members (excludes halogenated alkanes) is 1. The Kier molecular flexibility index (Phi) is 7.12. The van der Waals surface area contributed by atoms with Gasteiger partial charge in [-0.05, 0) is 67.4 Å². The number of hydrogen-bond donors (Lipinski definition) is 0. The van der Waals surface area contributed by atoms with E-state index >= 15 is 0 Å². The first kappa shape index (κ1) is 24.1. The van der Waals surface area contributed by atoms with Gasteiger partial charge in [-0.3, -0.25) is 0 Å². The minimum atomic E-state index is -0.419. The van der Waals surface area contributed by atoms with E-state index in [4.69, 9.17) is 13.9 Å². The second-order valence-corrected chi connectivity index (χ2v) is 9.22. The smallest absolute Gasteiger partial charge is 0.340 e. The first-order valence-electron chi connectivity index (χ1n) is 11.5. The maximum Gasteiger partial charge on any atom is 0.340 e. The summed E-state index contributed by atoms with van der Waals surface area (Å²) in [6, 6.07) is 11.0. The molecule has 0 amide bonds. The summed E-state index contributed by atoms with van der Waals surface area (Å²) >= 11 is 3.64. The van der Waals surface area contributed by atoms with Crippen LogP contribution >= 0.6 is 15.9 Å². The molecule has 0 spiro atoms. The predicted molar refractivity (Wildman–Crippen MR) is 137 cm³/mol. The average Bonchev–Trinajstić information content (AvgIpc) is 3.06. The molecule has 0 bridgehead atoms. The molecule has 0 aliphatic carbocycles. The zero-order valence-corrected chi connectivity index (χ0v) is 21.5. The fourth-order valence-corrected chi connectivity index (χ4v) is 4.72. The molecule has 2 aromatic carbocycles. The molecule has 2 heterocycles. The molecular formula is C27H28BrNO5. The lowest BCUT2D eigenvalue weighted by atomic mass is 10.1. The number of aromatic nitrogens is 1. The molecule has 0 fully saturated rings. The van der Waals surface area contributed by atoms with Crippen LogP contribution in [0.2, 0.25) is 0 Å². The second-order valence-electron chi connectivity index (χ2n) is 8.36. The van der Waals surface area contributed by atoms with Crippen LogP contribution in [-0.4, -0.2) is 17.1 Å². The first-order valence-corrected chi connectivity index (χ1v) is 12.3. The van der Waals surface area contributed by atoms with Crippen LogP contribution in [0.5, 0.6) is 5.75 Å². The largest absolute Gasteiger partial charge is 0.488 e. The second kappa shape index (κ2) is 10.1. The van der Waals surface area contributed by atoms with E-state index < -0.39 is 5.63 Å². The van der Waals surface area contributed by atoms with Crippen molar-refractivity contribution in [1.82, 2.24) is 4.57 Å². The summed E-state index contributed by atoms with van der Waals surface area (Å²) in [7, 11) is 0. The Bertz CT molecular complexity index is 1430. The van der Waals surface area contributed by atoms with Crippen molar-refractivity contribution < 1.29 is 18.7 Å². The van der Waals surface area contributed by atoms with Crippen LogP contribution in [0.15, 0.2) is 50.1 Å². The van der Waals surface area contributed by atoms with Crippen LogP contribution in [0, 0.1) is 13.8 Å². The number of halogens is 1. The fourth-order valence-electron chi connectivity index (χ4n) is 4.27. The molecule has 2 aromatic heterocycles. The third-order valence-electron chi connectivity index (χ3n) is 5.96. The van der Waals surface area contributed by atoms with E-state index in [9.17, 15) is 9.59 Å². The highest BCUT2D eigenvalue weighted by Gasteiger charge is 2.23. The van der Waals surface area contributed by atoms with E-state index in [0.717, 1.165) is 57.0 Å². The van der Waals surface area contributed by atoms with Crippen LogP contribution in [0.4, 0.5) is 0 Å². The van der Waals surface area contributed by atoms with Crippen LogP contribution in [0.3, 0.4) is 0 Å². The number of fused-ring (bicyclic) bond motifs is 2. The van der Waals surface area contributed by atoms with Gasteiger partial charge in [-0.1, -0.05) is 25.0 Å². The van der Waals surface area contributed by atoms with Gasteiger partial charge in [0.25, 0.3) is 0 Å². The number of hydrogen-bond acceptors (Lipinski definition) is 5.